The molecule has 2 rings (SSSR count). The van der Waals surface area contributed by atoms with Crippen molar-refractivity contribution in [3.8, 4) is 0 Å². The van der Waals surface area contributed by atoms with E-state index in [-0.39, 0.29) is 6.61 Å². The van der Waals surface area contributed by atoms with E-state index >= 15 is 0 Å². The molecule has 0 aliphatic rings. The molecule has 0 saturated carbocycles. The Morgan fingerprint density at radius 3 is 2.62 bits per heavy atom. The first-order valence-corrected chi connectivity index (χ1v) is 5.44. The molecule has 0 aliphatic heterocycles. The summed E-state index contributed by atoms with van der Waals surface area (Å²) in [7, 11) is 0. The molecule has 0 spiro atoms. The molecule has 0 radical (unpaired) electrons. The lowest BCUT2D eigenvalue weighted by atomic mass is 10.1. The highest BCUT2D eigenvalue weighted by Gasteiger charge is 2.10. The summed E-state index contributed by atoms with van der Waals surface area (Å²) in [5.41, 5.74) is 10.1. The number of benzene rings is 1. The minimum absolute atomic E-state index is 0.103. The molecule has 4 nitrogen and oxygen atoms in total. The SMILES string of the molecule is Cc1cc2nc(CN)n(CCO)c2cc1C. The van der Waals surface area contributed by atoms with Crippen LogP contribution in [0.1, 0.15) is 17.0 Å². The Labute approximate surface area is 94.7 Å². The Morgan fingerprint density at radius 1 is 1.31 bits per heavy atom. The highest BCUT2D eigenvalue weighted by molar-refractivity contribution is 5.78. The number of nitrogens with zero attached hydrogens (tertiary/aromatic N) is 2. The summed E-state index contributed by atoms with van der Waals surface area (Å²) in [6, 6.07) is 4.17. The van der Waals surface area contributed by atoms with Crippen molar-refractivity contribution in [1.82, 2.24) is 9.55 Å². The number of imidazole rings is 1. The average molecular weight is 219 g/mol. The third kappa shape index (κ3) is 1.70. The molecule has 0 saturated heterocycles. The van der Waals surface area contributed by atoms with Crippen molar-refractivity contribution in [3.05, 3.63) is 29.1 Å². The summed E-state index contributed by atoms with van der Waals surface area (Å²) >= 11 is 0. The van der Waals surface area contributed by atoms with E-state index in [1.165, 1.54) is 11.1 Å². The molecule has 0 amide bonds. The van der Waals surface area contributed by atoms with E-state index in [2.05, 4.69) is 31.0 Å². The first-order chi connectivity index (χ1) is 7.67. The molecule has 1 heterocycles. The number of rotatable bonds is 3. The fraction of sp³-hybridized carbons (Fsp3) is 0.417. The number of fused-ring (bicyclic) bond motifs is 1. The van der Waals surface area contributed by atoms with Gasteiger partial charge in [0.1, 0.15) is 5.82 Å². The minimum Gasteiger partial charge on any atom is -0.395 e. The largest absolute Gasteiger partial charge is 0.395 e. The molecule has 1 aromatic heterocycles. The first-order valence-electron chi connectivity index (χ1n) is 5.44. The van der Waals surface area contributed by atoms with Crippen LogP contribution in [-0.2, 0) is 13.1 Å². The molecule has 86 valence electrons. The van der Waals surface area contributed by atoms with Gasteiger partial charge in [0.25, 0.3) is 0 Å². The van der Waals surface area contributed by atoms with Gasteiger partial charge in [0.05, 0.1) is 24.2 Å². The Balaban J connectivity index is 2.69. The van der Waals surface area contributed by atoms with Gasteiger partial charge in [-0.25, -0.2) is 4.98 Å². The van der Waals surface area contributed by atoms with E-state index in [0.717, 1.165) is 16.9 Å². The maximum absolute atomic E-state index is 9.05. The van der Waals surface area contributed by atoms with Gasteiger partial charge < -0.3 is 15.4 Å². The third-order valence-electron chi connectivity index (χ3n) is 2.95. The zero-order chi connectivity index (χ0) is 11.7. The zero-order valence-electron chi connectivity index (χ0n) is 9.70. The van der Waals surface area contributed by atoms with Gasteiger partial charge in [-0.2, -0.15) is 0 Å². The molecule has 0 bridgehead atoms. The van der Waals surface area contributed by atoms with E-state index in [1.54, 1.807) is 0 Å². The predicted molar refractivity (Wildman–Crippen MR) is 64.2 cm³/mol. The Kier molecular flexibility index (Phi) is 2.94. The topological polar surface area (TPSA) is 64.1 Å². The highest BCUT2D eigenvalue weighted by atomic mass is 16.3. The number of aromatic nitrogens is 2. The van der Waals surface area contributed by atoms with Crippen LogP contribution < -0.4 is 5.73 Å². The van der Waals surface area contributed by atoms with E-state index in [0.29, 0.717) is 13.1 Å². The van der Waals surface area contributed by atoms with Crippen molar-refractivity contribution >= 4 is 11.0 Å². The van der Waals surface area contributed by atoms with E-state index < -0.39 is 0 Å². The van der Waals surface area contributed by atoms with Crippen LogP contribution in [0.2, 0.25) is 0 Å². The molecule has 2 aromatic rings. The zero-order valence-corrected chi connectivity index (χ0v) is 9.70. The van der Waals surface area contributed by atoms with Crippen LogP contribution in [0.15, 0.2) is 12.1 Å². The molecule has 0 atom stereocenters. The standard InChI is InChI=1S/C12H17N3O/c1-8-5-10-11(6-9(8)2)15(3-4-16)12(7-13)14-10/h5-6,16H,3-4,7,13H2,1-2H3. The summed E-state index contributed by atoms with van der Waals surface area (Å²) < 4.78 is 1.99. The number of hydrogen-bond donors (Lipinski definition) is 2. The first kappa shape index (κ1) is 11.1. The van der Waals surface area contributed by atoms with Gasteiger partial charge in [-0.05, 0) is 37.1 Å². The predicted octanol–water partition coefficient (Wildman–Crippen LogP) is 1.10. The second-order valence-corrected chi connectivity index (χ2v) is 4.03. The molecule has 4 heteroatoms. The number of aliphatic hydroxyl groups excluding tert-OH is 1. The molecule has 16 heavy (non-hydrogen) atoms. The lowest BCUT2D eigenvalue weighted by Gasteiger charge is -2.06. The van der Waals surface area contributed by atoms with Gasteiger partial charge >= 0.3 is 0 Å². The molecular weight excluding hydrogens is 202 g/mol. The second-order valence-electron chi connectivity index (χ2n) is 4.03. The van der Waals surface area contributed by atoms with Crippen LogP contribution in [0.25, 0.3) is 11.0 Å². The maximum atomic E-state index is 9.05. The molecule has 0 aliphatic carbocycles. The highest BCUT2D eigenvalue weighted by Crippen LogP contribution is 2.20. The van der Waals surface area contributed by atoms with E-state index in [9.17, 15) is 0 Å². The molecule has 0 fully saturated rings. The number of aryl methyl sites for hydroxylation is 2. The number of nitrogens with two attached hydrogens (primary N) is 1. The smallest absolute Gasteiger partial charge is 0.123 e. The average Bonchev–Trinajstić information content (AvgIpc) is 2.58. The lowest BCUT2D eigenvalue weighted by molar-refractivity contribution is 0.276. The molecule has 1 aromatic carbocycles. The van der Waals surface area contributed by atoms with Crippen molar-refractivity contribution in [2.45, 2.75) is 26.9 Å². The van der Waals surface area contributed by atoms with Crippen molar-refractivity contribution in [2.24, 2.45) is 5.73 Å². The van der Waals surface area contributed by atoms with Crippen LogP contribution in [-0.4, -0.2) is 21.3 Å². The van der Waals surface area contributed by atoms with Crippen molar-refractivity contribution in [2.75, 3.05) is 6.61 Å². The van der Waals surface area contributed by atoms with Crippen LogP contribution in [0.3, 0.4) is 0 Å². The van der Waals surface area contributed by atoms with Crippen molar-refractivity contribution in [1.29, 1.82) is 0 Å². The summed E-state index contributed by atoms with van der Waals surface area (Å²) in [5.74, 6) is 0.828. The van der Waals surface area contributed by atoms with Crippen molar-refractivity contribution < 1.29 is 5.11 Å². The van der Waals surface area contributed by atoms with Crippen LogP contribution in [0, 0.1) is 13.8 Å². The lowest BCUT2D eigenvalue weighted by Crippen LogP contribution is -2.10. The Morgan fingerprint density at radius 2 is 2.00 bits per heavy atom. The van der Waals surface area contributed by atoms with E-state index in [1.807, 2.05) is 4.57 Å². The quantitative estimate of drug-likeness (QED) is 0.812. The van der Waals surface area contributed by atoms with Crippen LogP contribution in [0.4, 0.5) is 0 Å². The summed E-state index contributed by atoms with van der Waals surface area (Å²) in [6.07, 6.45) is 0. The molecule has 0 unspecified atom stereocenters. The second kappa shape index (κ2) is 4.23. The van der Waals surface area contributed by atoms with Gasteiger partial charge in [-0.15, -0.1) is 0 Å². The van der Waals surface area contributed by atoms with Crippen LogP contribution >= 0.6 is 0 Å². The minimum atomic E-state index is 0.103. The molecular formula is C12H17N3O. The fourth-order valence-electron chi connectivity index (χ4n) is 1.94. The molecule has 3 N–H and O–H groups in total. The van der Waals surface area contributed by atoms with Gasteiger partial charge in [-0.1, -0.05) is 0 Å². The number of aliphatic hydroxyl groups is 1. The Hall–Kier alpha value is -1.39. The van der Waals surface area contributed by atoms with Crippen molar-refractivity contribution in [3.63, 3.8) is 0 Å². The fourth-order valence-corrected chi connectivity index (χ4v) is 1.94. The summed E-state index contributed by atoms with van der Waals surface area (Å²) in [6.45, 7) is 5.19. The third-order valence-corrected chi connectivity index (χ3v) is 2.95. The van der Waals surface area contributed by atoms with E-state index in [4.69, 9.17) is 10.8 Å². The monoisotopic (exact) mass is 219 g/mol. The summed E-state index contributed by atoms with van der Waals surface area (Å²) in [4.78, 5) is 4.48. The van der Waals surface area contributed by atoms with Gasteiger partial charge in [-0.3, -0.25) is 0 Å². The van der Waals surface area contributed by atoms with Gasteiger partial charge in [0.2, 0.25) is 0 Å². The van der Waals surface area contributed by atoms with Gasteiger partial charge in [0.15, 0.2) is 0 Å². The van der Waals surface area contributed by atoms with Gasteiger partial charge in [0, 0.05) is 6.54 Å². The maximum Gasteiger partial charge on any atom is 0.123 e. The van der Waals surface area contributed by atoms with Crippen LogP contribution in [0.5, 0.6) is 0 Å². The summed E-state index contributed by atoms with van der Waals surface area (Å²) in [5, 5.41) is 9.05. The number of hydrogen-bond acceptors (Lipinski definition) is 3. The Bertz CT molecular complexity index is 516. The normalized spacial score (nSPS) is 11.2.